The van der Waals surface area contributed by atoms with Crippen LogP contribution >= 0.6 is 15.9 Å². The predicted octanol–water partition coefficient (Wildman–Crippen LogP) is 2.53. The molecule has 6 heteroatoms. The molecule has 0 fully saturated rings. The van der Waals surface area contributed by atoms with Crippen molar-refractivity contribution in [3.63, 3.8) is 0 Å². The van der Waals surface area contributed by atoms with Gasteiger partial charge in [-0.3, -0.25) is 4.68 Å². The Morgan fingerprint density at radius 1 is 1.53 bits per heavy atom. The van der Waals surface area contributed by atoms with E-state index >= 15 is 0 Å². The average molecular weight is 299 g/mol. The number of carbonyl (C=O) groups is 1. The molecule has 4 nitrogen and oxygen atoms in total. The Bertz CT molecular complexity index is 555. The van der Waals surface area contributed by atoms with Crippen molar-refractivity contribution in [2.24, 2.45) is 0 Å². The van der Waals surface area contributed by atoms with E-state index in [0.717, 1.165) is 0 Å². The second kappa shape index (κ2) is 4.67. The second-order valence-corrected chi connectivity index (χ2v) is 4.29. The molecule has 0 radical (unpaired) electrons. The van der Waals surface area contributed by atoms with Gasteiger partial charge >= 0.3 is 5.97 Å². The fraction of sp³-hybridized carbons (Fsp3) is 0.0909. The van der Waals surface area contributed by atoms with E-state index in [0.29, 0.717) is 16.6 Å². The van der Waals surface area contributed by atoms with E-state index in [1.807, 2.05) is 0 Å². The molecule has 0 aliphatic carbocycles. The number of hydrogen-bond donors (Lipinski definition) is 1. The van der Waals surface area contributed by atoms with E-state index in [2.05, 4.69) is 21.0 Å². The molecule has 17 heavy (non-hydrogen) atoms. The molecule has 0 unspecified atom stereocenters. The number of hydrogen-bond acceptors (Lipinski definition) is 2. The van der Waals surface area contributed by atoms with E-state index < -0.39 is 11.8 Å². The zero-order chi connectivity index (χ0) is 12.4. The first-order chi connectivity index (χ1) is 8.08. The lowest BCUT2D eigenvalue weighted by Gasteiger charge is -2.07. The van der Waals surface area contributed by atoms with Crippen molar-refractivity contribution < 1.29 is 14.3 Å². The zero-order valence-electron chi connectivity index (χ0n) is 8.60. The highest BCUT2D eigenvalue weighted by atomic mass is 79.9. The zero-order valence-corrected chi connectivity index (χ0v) is 10.2. The fourth-order valence-electron chi connectivity index (χ4n) is 1.44. The predicted molar refractivity (Wildman–Crippen MR) is 62.4 cm³/mol. The van der Waals surface area contributed by atoms with Crippen molar-refractivity contribution in [1.82, 2.24) is 9.78 Å². The van der Waals surface area contributed by atoms with Crippen molar-refractivity contribution in [1.29, 1.82) is 0 Å². The van der Waals surface area contributed by atoms with Crippen LogP contribution in [0.25, 0.3) is 0 Å². The molecule has 1 aromatic heterocycles. The number of rotatable bonds is 3. The molecule has 2 aromatic rings. The summed E-state index contributed by atoms with van der Waals surface area (Å²) in [7, 11) is 0. The molecule has 0 amide bonds. The summed E-state index contributed by atoms with van der Waals surface area (Å²) in [6, 6.07) is 4.22. The van der Waals surface area contributed by atoms with E-state index in [-0.39, 0.29) is 5.56 Å². The third kappa shape index (κ3) is 2.52. The van der Waals surface area contributed by atoms with Gasteiger partial charge in [0.25, 0.3) is 0 Å². The Kier molecular flexibility index (Phi) is 3.23. The summed E-state index contributed by atoms with van der Waals surface area (Å²) in [6.45, 7) is 0.379. The van der Waals surface area contributed by atoms with Gasteiger partial charge < -0.3 is 5.11 Å². The van der Waals surface area contributed by atoms with Crippen LogP contribution in [0.2, 0.25) is 0 Å². The molecule has 2 rings (SSSR count). The highest BCUT2D eigenvalue weighted by Crippen LogP contribution is 2.22. The number of benzene rings is 1. The molecule has 0 spiro atoms. The van der Waals surface area contributed by atoms with Crippen LogP contribution in [0.1, 0.15) is 15.9 Å². The first-order valence-corrected chi connectivity index (χ1v) is 5.56. The van der Waals surface area contributed by atoms with E-state index in [1.54, 1.807) is 23.1 Å². The van der Waals surface area contributed by atoms with Gasteiger partial charge in [-0.2, -0.15) is 5.10 Å². The third-order valence-electron chi connectivity index (χ3n) is 2.26. The van der Waals surface area contributed by atoms with Gasteiger partial charge in [0.2, 0.25) is 0 Å². The maximum Gasteiger partial charge on any atom is 0.338 e. The Hall–Kier alpha value is -1.69. The van der Waals surface area contributed by atoms with Crippen molar-refractivity contribution >= 4 is 21.9 Å². The van der Waals surface area contributed by atoms with Crippen LogP contribution < -0.4 is 0 Å². The minimum Gasteiger partial charge on any atom is -0.478 e. The van der Waals surface area contributed by atoms with Gasteiger partial charge in [-0.1, -0.05) is 15.9 Å². The number of carboxylic acid groups (broad SMARTS) is 1. The monoisotopic (exact) mass is 298 g/mol. The molecule has 88 valence electrons. The lowest BCUT2D eigenvalue weighted by atomic mass is 10.1. The summed E-state index contributed by atoms with van der Waals surface area (Å²) in [5, 5.41) is 12.8. The standard InChI is InChI=1S/C11H8BrFN2O2/c12-9-5-8(11(16)17)10(13)4-7(9)6-15-3-1-2-14-15/h1-5H,6H2,(H,16,17). The molecular weight excluding hydrogens is 291 g/mol. The average Bonchev–Trinajstić information content (AvgIpc) is 2.75. The molecule has 0 aliphatic rings. The van der Waals surface area contributed by atoms with E-state index in [9.17, 15) is 9.18 Å². The van der Waals surface area contributed by atoms with Crippen molar-refractivity contribution in [2.75, 3.05) is 0 Å². The second-order valence-electron chi connectivity index (χ2n) is 3.43. The largest absolute Gasteiger partial charge is 0.478 e. The molecule has 0 saturated heterocycles. The van der Waals surface area contributed by atoms with Gasteiger partial charge in [-0.05, 0) is 23.8 Å². The van der Waals surface area contributed by atoms with Gasteiger partial charge in [0, 0.05) is 16.9 Å². The molecule has 0 atom stereocenters. The van der Waals surface area contributed by atoms with Crippen molar-refractivity contribution in [2.45, 2.75) is 6.54 Å². The van der Waals surface area contributed by atoms with E-state index in [4.69, 9.17) is 5.11 Å². The van der Waals surface area contributed by atoms with Crippen LogP contribution in [0.3, 0.4) is 0 Å². The van der Waals surface area contributed by atoms with Crippen LogP contribution in [-0.4, -0.2) is 20.9 Å². The van der Waals surface area contributed by atoms with Crippen molar-refractivity contribution in [3.8, 4) is 0 Å². The third-order valence-corrected chi connectivity index (χ3v) is 3.00. The SMILES string of the molecule is O=C(O)c1cc(Br)c(Cn2cccn2)cc1F. The Morgan fingerprint density at radius 2 is 2.29 bits per heavy atom. The smallest absolute Gasteiger partial charge is 0.338 e. The molecule has 0 aliphatic heterocycles. The molecule has 1 heterocycles. The van der Waals surface area contributed by atoms with Gasteiger partial charge in [0.15, 0.2) is 0 Å². The molecule has 1 aromatic carbocycles. The Morgan fingerprint density at radius 3 is 2.88 bits per heavy atom. The number of carboxylic acids is 1. The Labute approximate surface area is 105 Å². The normalized spacial score (nSPS) is 10.5. The molecule has 0 saturated carbocycles. The highest BCUT2D eigenvalue weighted by molar-refractivity contribution is 9.10. The van der Waals surface area contributed by atoms with E-state index in [1.165, 1.54) is 12.1 Å². The molecule has 0 bridgehead atoms. The maximum absolute atomic E-state index is 13.5. The van der Waals surface area contributed by atoms with Crippen LogP contribution in [0.5, 0.6) is 0 Å². The summed E-state index contributed by atoms with van der Waals surface area (Å²) in [5.41, 5.74) is 0.289. The first kappa shape index (κ1) is 11.8. The number of aromatic carboxylic acids is 1. The van der Waals surface area contributed by atoms with Crippen molar-refractivity contribution in [3.05, 3.63) is 52.0 Å². The lowest BCUT2D eigenvalue weighted by molar-refractivity contribution is 0.0692. The van der Waals surface area contributed by atoms with Crippen LogP contribution in [0, 0.1) is 5.82 Å². The highest BCUT2D eigenvalue weighted by Gasteiger charge is 2.14. The van der Waals surface area contributed by atoms with Gasteiger partial charge in [0.05, 0.1) is 12.1 Å². The quantitative estimate of drug-likeness (QED) is 0.947. The first-order valence-electron chi connectivity index (χ1n) is 4.76. The minimum atomic E-state index is -1.28. The topological polar surface area (TPSA) is 55.1 Å². The summed E-state index contributed by atoms with van der Waals surface area (Å²) in [4.78, 5) is 10.7. The minimum absolute atomic E-state index is 0.346. The molecular formula is C11H8BrFN2O2. The van der Waals surface area contributed by atoms with Gasteiger partial charge in [0.1, 0.15) is 5.82 Å². The number of halogens is 2. The van der Waals surface area contributed by atoms with Gasteiger partial charge in [-0.15, -0.1) is 0 Å². The molecule has 1 N–H and O–H groups in total. The van der Waals surface area contributed by atoms with Gasteiger partial charge in [-0.25, -0.2) is 9.18 Å². The number of nitrogens with zero attached hydrogens (tertiary/aromatic N) is 2. The summed E-state index contributed by atoms with van der Waals surface area (Å²) in [5.74, 6) is -2.03. The Balaban J connectivity index is 2.36. The summed E-state index contributed by atoms with van der Waals surface area (Å²) >= 11 is 3.22. The lowest BCUT2D eigenvalue weighted by Crippen LogP contribution is -2.05. The summed E-state index contributed by atoms with van der Waals surface area (Å²) in [6.07, 6.45) is 3.37. The van der Waals surface area contributed by atoms with Crippen LogP contribution in [0.4, 0.5) is 4.39 Å². The summed E-state index contributed by atoms with van der Waals surface area (Å²) < 4.78 is 15.7. The van der Waals surface area contributed by atoms with Crippen LogP contribution in [0.15, 0.2) is 35.1 Å². The van der Waals surface area contributed by atoms with Crippen LogP contribution in [-0.2, 0) is 6.54 Å². The fourth-order valence-corrected chi connectivity index (χ4v) is 1.91. The maximum atomic E-state index is 13.5. The number of aromatic nitrogens is 2.